The van der Waals surface area contributed by atoms with E-state index in [1.54, 1.807) is 0 Å². The number of hydrogen-bond acceptors (Lipinski definition) is 6. The molecule has 0 fully saturated rings. The third kappa shape index (κ3) is 64.1. The Morgan fingerprint density at radius 1 is 0.273 bits per heavy atom. The van der Waals surface area contributed by atoms with Crippen molar-refractivity contribution >= 4 is 17.9 Å². The van der Waals surface area contributed by atoms with Crippen molar-refractivity contribution in [1.29, 1.82) is 0 Å². The molecule has 0 aromatic carbocycles. The summed E-state index contributed by atoms with van der Waals surface area (Å²) < 4.78 is 16.9. The molecule has 450 valence electrons. The second-order valence-electron chi connectivity index (χ2n) is 23.1. The van der Waals surface area contributed by atoms with Crippen molar-refractivity contribution in [2.24, 2.45) is 0 Å². The van der Waals surface area contributed by atoms with E-state index >= 15 is 0 Å². The first-order chi connectivity index (χ1) is 38.0. The molecule has 0 saturated heterocycles. The van der Waals surface area contributed by atoms with E-state index in [0.717, 1.165) is 103 Å². The lowest BCUT2D eigenvalue weighted by molar-refractivity contribution is -0.167. The van der Waals surface area contributed by atoms with Crippen molar-refractivity contribution in [3.63, 3.8) is 0 Å². The van der Waals surface area contributed by atoms with E-state index in [4.69, 9.17) is 14.2 Å². The fourth-order valence-electron chi connectivity index (χ4n) is 10.2. The molecule has 0 bridgehead atoms. The van der Waals surface area contributed by atoms with Gasteiger partial charge in [-0.15, -0.1) is 0 Å². The Hall–Kier alpha value is -2.63. The lowest BCUT2D eigenvalue weighted by Gasteiger charge is -2.18. The molecule has 0 aliphatic carbocycles. The van der Waals surface area contributed by atoms with Gasteiger partial charge >= 0.3 is 17.9 Å². The maximum Gasteiger partial charge on any atom is 0.306 e. The van der Waals surface area contributed by atoms with Gasteiger partial charge in [-0.2, -0.15) is 0 Å². The number of carbonyl (C=O) groups excluding carboxylic acids is 3. The molecule has 0 rings (SSSR count). The van der Waals surface area contributed by atoms with Gasteiger partial charge in [0, 0.05) is 19.3 Å². The number of rotatable bonds is 63. The largest absolute Gasteiger partial charge is 0.462 e. The van der Waals surface area contributed by atoms with E-state index in [1.807, 2.05) is 0 Å². The molecule has 1 unspecified atom stereocenters. The molecule has 0 spiro atoms. The lowest BCUT2D eigenvalue weighted by Crippen LogP contribution is -2.30. The monoisotopic (exact) mass is 1080 g/mol. The Balaban J connectivity index is 4.15. The van der Waals surface area contributed by atoms with Gasteiger partial charge in [0.25, 0.3) is 0 Å². The number of carbonyl (C=O) groups is 3. The summed E-state index contributed by atoms with van der Waals surface area (Å²) in [7, 11) is 0. The zero-order valence-corrected chi connectivity index (χ0v) is 51.7. The first-order valence-corrected chi connectivity index (χ1v) is 34.1. The second kappa shape index (κ2) is 65.9. The van der Waals surface area contributed by atoms with Crippen LogP contribution >= 0.6 is 0 Å². The van der Waals surface area contributed by atoms with Crippen LogP contribution in [-0.4, -0.2) is 37.2 Å². The molecule has 0 heterocycles. The van der Waals surface area contributed by atoms with Gasteiger partial charge in [-0.25, -0.2) is 0 Å². The molecular formula is C71H130O6. The van der Waals surface area contributed by atoms with Crippen LogP contribution in [-0.2, 0) is 28.6 Å². The van der Waals surface area contributed by atoms with Crippen LogP contribution in [0.15, 0.2) is 48.6 Å². The quantitative estimate of drug-likeness (QED) is 0.0261. The third-order valence-electron chi connectivity index (χ3n) is 15.3. The number of unbranched alkanes of at least 4 members (excludes halogenated alkanes) is 44. The molecule has 0 N–H and O–H groups in total. The molecule has 1 atom stereocenters. The van der Waals surface area contributed by atoms with Crippen LogP contribution in [0.4, 0.5) is 0 Å². The van der Waals surface area contributed by atoms with Gasteiger partial charge < -0.3 is 14.2 Å². The summed E-state index contributed by atoms with van der Waals surface area (Å²) >= 11 is 0. The molecule has 6 heteroatoms. The number of hydrogen-bond donors (Lipinski definition) is 0. The Labute approximate surface area is 479 Å². The Morgan fingerprint density at radius 3 is 0.805 bits per heavy atom. The van der Waals surface area contributed by atoms with E-state index in [1.165, 1.54) is 225 Å². The van der Waals surface area contributed by atoms with Crippen LogP contribution in [0.5, 0.6) is 0 Å². The van der Waals surface area contributed by atoms with E-state index in [2.05, 4.69) is 69.4 Å². The molecule has 0 aliphatic heterocycles. The first-order valence-electron chi connectivity index (χ1n) is 34.1. The SMILES string of the molecule is CC/C=C\C/C=C\C/C=C\CCCCCCCC(=O)OC(COC(=O)CCCCCCC/C=C\CCCCCCC)COC(=O)CCCCCCCCCCCCCCCCCCCCCCCCCCCCCCCC. The van der Waals surface area contributed by atoms with Crippen LogP contribution in [0.25, 0.3) is 0 Å². The smallest absolute Gasteiger partial charge is 0.306 e. The predicted octanol–water partition coefficient (Wildman–Crippen LogP) is 23.3. The average Bonchev–Trinajstić information content (AvgIpc) is 3.43. The Bertz CT molecular complexity index is 1330. The fraction of sp³-hybridized carbons (Fsp3) is 0.845. The van der Waals surface area contributed by atoms with E-state index < -0.39 is 6.10 Å². The first kappa shape index (κ1) is 74.4. The molecule has 0 aromatic rings. The molecule has 77 heavy (non-hydrogen) atoms. The predicted molar refractivity (Wildman–Crippen MR) is 335 cm³/mol. The molecule has 0 amide bonds. The Morgan fingerprint density at radius 2 is 0.506 bits per heavy atom. The highest BCUT2D eigenvalue weighted by atomic mass is 16.6. The molecule has 0 aromatic heterocycles. The van der Waals surface area contributed by atoms with Crippen LogP contribution in [0, 0.1) is 0 Å². The van der Waals surface area contributed by atoms with Crippen LogP contribution < -0.4 is 0 Å². The van der Waals surface area contributed by atoms with Gasteiger partial charge in [0.05, 0.1) is 0 Å². The highest BCUT2D eigenvalue weighted by Gasteiger charge is 2.19. The third-order valence-corrected chi connectivity index (χ3v) is 15.3. The fourth-order valence-corrected chi connectivity index (χ4v) is 10.2. The van der Waals surface area contributed by atoms with Crippen molar-refractivity contribution < 1.29 is 28.6 Å². The second-order valence-corrected chi connectivity index (χ2v) is 23.1. The topological polar surface area (TPSA) is 78.9 Å². The van der Waals surface area contributed by atoms with E-state index in [9.17, 15) is 14.4 Å². The highest BCUT2D eigenvalue weighted by molar-refractivity contribution is 5.71. The Kier molecular flexibility index (Phi) is 63.6. The van der Waals surface area contributed by atoms with E-state index in [0.29, 0.717) is 19.3 Å². The molecular weight excluding hydrogens is 949 g/mol. The van der Waals surface area contributed by atoms with Gasteiger partial charge in [-0.3, -0.25) is 14.4 Å². The minimum absolute atomic E-state index is 0.0794. The van der Waals surface area contributed by atoms with Gasteiger partial charge in [0.15, 0.2) is 6.10 Å². The number of ether oxygens (including phenoxy) is 3. The normalized spacial score (nSPS) is 12.3. The molecule has 0 aliphatic rings. The summed E-state index contributed by atoms with van der Waals surface area (Å²) in [4.78, 5) is 38.3. The average molecular weight is 1080 g/mol. The van der Waals surface area contributed by atoms with Crippen molar-refractivity contribution in [2.75, 3.05) is 13.2 Å². The summed E-state index contributed by atoms with van der Waals surface area (Å²) in [6, 6.07) is 0. The van der Waals surface area contributed by atoms with Crippen molar-refractivity contribution in [1.82, 2.24) is 0 Å². The maximum absolute atomic E-state index is 12.9. The molecule has 0 saturated carbocycles. The molecule has 6 nitrogen and oxygen atoms in total. The summed E-state index contributed by atoms with van der Waals surface area (Å²) in [6.45, 7) is 6.55. The zero-order valence-electron chi connectivity index (χ0n) is 51.7. The van der Waals surface area contributed by atoms with Crippen molar-refractivity contribution in [2.45, 2.75) is 374 Å². The number of esters is 3. The van der Waals surface area contributed by atoms with Gasteiger partial charge in [-0.1, -0.05) is 320 Å². The van der Waals surface area contributed by atoms with Crippen molar-refractivity contribution in [3.8, 4) is 0 Å². The summed E-state index contributed by atoms with van der Waals surface area (Å²) in [5.74, 6) is -0.885. The minimum atomic E-state index is -0.785. The van der Waals surface area contributed by atoms with Gasteiger partial charge in [0.1, 0.15) is 13.2 Å². The molecule has 0 radical (unpaired) electrons. The van der Waals surface area contributed by atoms with Gasteiger partial charge in [0.2, 0.25) is 0 Å². The minimum Gasteiger partial charge on any atom is -0.462 e. The van der Waals surface area contributed by atoms with Crippen LogP contribution in [0.3, 0.4) is 0 Å². The van der Waals surface area contributed by atoms with Crippen LogP contribution in [0.2, 0.25) is 0 Å². The van der Waals surface area contributed by atoms with Crippen molar-refractivity contribution in [3.05, 3.63) is 48.6 Å². The number of allylic oxidation sites excluding steroid dienone is 8. The zero-order chi connectivity index (χ0) is 55.7. The van der Waals surface area contributed by atoms with Crippen LogP contribution in [0.1, 0.15) is 367 Å². The van der Waals surface area contributed by atoms with Gasteiger partial charge in [-0.05, 0) is 77.0 Å². The highest BCUT2D eigenvalue weighted by Crippen LogP contribution is 2.18. The summed E-state index contributed by atoms with van der Waals surface area (Å²) in [6.07, 6.45) is 82.9. The maximum atomic E-state index is 12.9. The lowest BCUT2D eigenvalue weighted by atomic mass is 10.0. The standard InChI is InChI=1S/C71H130O6/c1-4-7-10-13-16-19-22-25-28-29-30-31-32-33-34-35-36-37-38-39-40-41-42-44-46-49-52-55-58-61-64-70(73)76-67-68(66-75-69(72)63-60-57-54-51-48-45-27-24-21-18-15-12-9-6-3)77-71(74)65-62-59-56-53-50-47-43-26-23-20-17-14-11-8-5-2/h8,11,17,20,24,26-27,43,68H,4-7,9-10,12-16,18-19,21-23,25,28-42,44-67H2,1-3H3/b11-8-,20-17-,27-24-,43-26-. The van der Waals surface area contributed by atoms with E-state index in [-0.39, 0.29) is 31.1 Å². The summed E-state index contributed by atoms with van der Waals surface area (Å²) in [5.41, 5.74) is 0. The summed E-state index contributed by atoms with van der Waals surface area (Å²) in [5, 5.41) is 0.